The van der Waals surface area contributed by atoms with Gasteiger partial charge in [0.05, 0.1) is 17.2 Å². The van der Waals surface area contributed by atoms with Crippen LogP contribution < -0.4 is 10.6 Å². The first-order valence-electron chi connectivity index (χ1n) is 5.95. The summed E-state index contributed by atoms with van der Waals surface area (Å²) in [7, 11) is 1.87. The number of nitrogens with zero attached hydrogens (tertiary/aromatic N) is 5. The Morgan fingerprint density at radius 1 is 1.40 bits per heavy atom. The molecule has 8 heteroatoms. The largest absolute Gasteiger partial charge is 0.409 e. The van der Waals surface area contributed by atoms with Gasteiger partial charge in [0.15, 0.2) is 5.84 Å². The van der Waals surface area contributed by atoms with Crippen LogP contribution in [0.2, 0.25) is 0 Å². The summed E-state index contributed by atoms with van der Waals surface area (Å²) in [4.78, 5) is 14.9. The summed E-state index contributed by atoms with van der Waals surface area (Å²) in [6.45, 7) is 4.40. The molecule has 0 unspecified atom stereocenters. The molecule has 0 saturated heterocycles. The molecule has 0 saturated carbocycles. The van der Waals surface area contributed by atoms with E-state index in [9.17, 15) is 0 Å². The number of amidine groups is 1. The fourth-order valence-corrected chi connectivity index (χ4v) is 2.30. The second-order valence-corrected chi connectivity index (χ2v) is 5.46. The molecule has 2 aromatic heterocycles. The zero-order valence-corrected chi connectivity index (χ0v) is 12.3. The molecule has 0 aliphatic heterocycles. The quantitative estimate of drug-likeness (QED) is 0.381. The predicted octanol–water partition coefficient (Wildman–Crippen LogP) is 1.28. The minimum Gasteiger partial charge on any atom is -0.409 e. The molecule has 0 fully saturated rings. The Balaban J connectivity index is 2.25. The lowest BCUT2D eigenvalue weighted by atomic mass is 10.3. The number of aryl methyl sites for hydroxylation is 2. The van der Waals surface area contributed by atoms with Crippen LogP contribution in [0.4, 0.5) is 5.95 Å². The minimum absolute atomic E-state index is 0.0327. The molecule has 3 N–H and O–H groups in total. The Morgan fingerprint density at radius 2 is 2.15 bits per heavy atom. The molecular weight excluding hydrogens is 276 g/mol. The molecule has 0 radical (unpaired) electrons. The van der Waals surface area contributed by atoms with Gasteiger partial charge in [-0.3, -0.25) is 0 Å². The average Bonchev–Trinajstić information content (AvgIpc) is 2.82. The van der Waals surface area contributed by atoms with Crippen molar-refractivity contribution in [2.24, 2.45) is 10.9 Å². The highest BCUT2D eigenvalue weighted by molar-refractivity contribution is 7.09. The lowest BCUT2D eigenvalue weighted by Gasteiger charge is -2.16. The lowest BCUT2D eigenvalue weighted by Crippen LogP contribution is -2.23. The number of rotatable bonds is 4. The molecule has 2 rings (SSSR count). The van der Waals surface area contributed by atoms with Gasteiger partial charge in [0.25, 0.3) is 0 Å². The molecular formula is C12H16N6OS. The summed E-state index contributed by atoms with van der Waals surface area (Å²) in [5.41, 5.74) is 7.68. The second-order valence-electron chi connectivity index (χ2n) is 4.39. The Kier molecular flexibility index (Phi) is 4.14. The number of aromatic nitrogens is 3. The Hall–Kier alpha value is -2.22. The molecule has 0 aliphatic carbocycles. The van der Waals surface area contributed by atoms with Crippen LogP contribution >= 0.6 is 11.3 Å². The van der Waals surface area contributed by atoms with E-state index in [-0.39, 0.29) is 5.84 Å². The van der Waals surface area contributed by atoms with Crippen LogP contribution in [-0.4, -0.2) is 33.0 Å². The van der Waals surface area contributed by atoms with Gasteiger partial charge in [0.1, 0.15) is 5.69 Å². The van der Waals surface area contributed by atoms with Crippen LogP contribution in [-0.2, 0) is 6.54 Å². The Labute approximate surface area is 120 Å². The fourth-order valence-electron chi connectivity index (χ4n) is 1.70. The highest BCUT2D eigenvalue weighted by atomic mass is 32.1. The third kappa shape index (κ3) is 3.21. The lowest BCUT2D eigenvalue weighted by molar-refractivity contribution is 0.318. The predicted molar refractivity (Wildman–Crippen MR) is 78.2 cm³/mol. The van der Waals surface area contributed by atoms with E-state index in [1.54, 1.807) is 17.4 Å². The molecule has 20 heavy (non-hydrogen) atoms. The van der Waals surface area contributed by atoms with E-state index in [0.29, 0.717) is 18.2 Å². The smallest absolute Gasteiger partial charge is 0.226 e. The van der Waals surface area contributed by atoms with E-state index in [2.05, 4.69) is 20.1 Å². The Bertz CT molecular complexity index is 639. The molecule has 0 aliphatic rings. The van der Waals surface area contributed by atoms with Gasteiger partial charge in [-0.2, -0.15) is 0 Å². The third-order valence-corrected chi connectivity index (χ3v) is 3.44. The highest BCUT2D eigenvalue weighted by Gasteiger charge is 2.11. The van der Waals surface area contributed by atoms with Crippen LogP contribution in [0.25, 0.3) is 0 Å². The van der Waals surface area contributed by atoms with Gasteiger partial charge in [-0.05, 0) is 19.9 Å². The van der Waals surface area contributed by atoms with Crippen molar-refractivity contribution >= 4 is 23.1 Å². The second kappa shape index (κ2) is 5.83. The minimum atomic E-state index is -0.0327. The van der Waals surface area contributed by atoms with E-state index in [0.717, 1.165) is 16.4 Å². The number of hydrogen-bond acceptors (Lipinski definition) is 7. The van der Waals surface area contributed by atoms with Crippen LogP contribution in [0.1, 0.15) is 22.1 Å². The number of anilines is 1. The first kappa shape index (κ1) is 14.2. The van der Waals surface area contributed by atoms with E-state index in [1.807, 2.05) is 31.2 Å². The Morgan fingerprint density at radius 3 is 2.75 bits per heavy atom. The number of hydrogen-bond donors (Lipinski definition) is 2. The van der Waals surface area contributed by atoms with Gasteiger partial charge in [-0.1, -0.05) is 5.16 Å². The summed E-state index contributed by atoms with van der Waals surface area (Å²) in [5.74, 6) is 0.479. The molecule has 0 amide bonds. The maximum absolute atomic E-state index is 8.73. The molecule has 7 nitrogen and oxygen atoms in total. The molecule has 2 aromatic rings. The molecule has 0 spiro atoms. The first-order valence-corrected chi connectivity index (χ1v) is 6.83. The summed E-state index contributed by atoms with van der Waals surface area (Å²) in [6.07, 6.45) is 0. The van der Waals surface area contributed by atoms with Gasteiger partial charge < -0.3 is 15.8 Å². The van der Waals surface area contributed by atoms with Crippen LogP contribution in [0.15, 0.2) is 16.6 Å². The van der Waals surface area contributed by atoms with Gasteiger partial charge in [-0.15, -0.1) is 11.3 Å². The van der Waals surface area contributed by atoms with Crippen molar-refractivity contribution in [3.8, 4) is 0 Å². The standard InChI is InChI=1S/C12H16N6OS/c1-7-4-10(11(13)17-19)16-12(14-7)18(3)5-9-6-20-8(2)15-9/h4,6,19H,5H2,1-3H3,(H2,13,17). The van der Waals surface area contributed by atoms with Crippen LogP contribution in [0.3, 0.4) is 0 Å². The van der Waals surface area contributed by atoms with Crippen LogP contribution in [0.5, 0.6) is 0 Å². The molecule has 2 heterocycles. The highest BCUT2D eigenvalue weighted by Crippen LogP contribution is 2.14. The van der Waals surface area contributed by atoms with Crippen molar-refractivity contribution in [3.63, 3.8) is 0 Å². The summed E-state index contributed by atoms with van der Waals surface area (Å²) in [5, 5.41) is 14.7. The van der Waals surface area contributed by atoms with Crippen molar-refractivity contribution in [3.05, 3.63) is 33.5 Å². The molecule has 0 bridgehead atoms. The topological polar surface area (TPSA) is 101 Å². The maximum atomic E-state index is 8.73. The zero-order valence-electron chi connectivity index (χ0n) is 11.5. The van der Waals surface area contributed by atoms with Crippen molar-refractivity contribution in [1.82, 2.24) is 15.0 Å². The molecule has 106 valence electrons. The van der Waals surface area contributed by atoms with Gasteiger partial charge >= 0.3 is 0 Å². The maximum Gasteiger partial charge on any atom is 0.226 e. The molecule has 0 atom stereocenters. The molecule has 0 aromatic carbocycles. The number of oxime groups is 1. The number of nitrogens with two attached hydrogens (primary N) is 1. The summed E-state index contributed by atoms with van der Waals surface area (Å²) in [6, 6.07) is 1.67. The van der Waals surface area contributed by atoms with E-state index >= 15 is 0 Å². The van der Waals surface area contributed by atoms with Crippen molar-refractivity contribution in [2.45, 2.75) is 20.4 Å². The van der Waals surface area contributed by atoms with E-state index < -0.39 is 0 Å². The van der Waals surface area contributed by atoms with Crippen molar-refractivity contribution in [2.75, 3.05) is 11.9 Å². The van der Waals surface area contributed by atoms with E-state index in [1.165, 1.54) is 0 Å². The summed E-state index contributed by atoms with van der Waals surface area (Å²) >= 11 is 1.61. The average molecular weight is 292 g/mol. The summed E-state index contributed by atoms with van der Waals surface area (Å²) < 4.78 is 0. The van der Waals surface area contributed by atoms with E-state index in [4.69, 9.17) is 10.9 Å². The van der Waals surface area contributed by atoms with Crippen LogP contribution in [0, 0.1) is 13.8 Å². The zero-order chi connectivity index (χ0) is 14.7. The normalized spacial score (nSPS) is 11.7. The first-order chi connectivity index (χ1) is 9.49. The van der Waals surface area contributed by atoms with Gasteiger partial charge in [0.2, 0.25) is 5.95 Å². The van der Waals surface area contributed by atoms with Crippen molar-refractivity contribution < 1.29 is 5.21 Å². The van der Waals surface area contributed by atoms with Gasteiger partial charge in [-0.25, -0.2) is 15.0 Å². The fraction of sp³-hybridized carbons (Fsp3) is 0.333. The SMILES string of the molecule is Cc1cc(/C(N)=N/O)nc(N(C)Cc2csc(C)n2)n1. The number of thiazole rings is 1. The third-order valence-electron chi connectivity index (χ3n) is 2.62. The monoisotopic (exact) mass is 292 g/mol. The van der Waals surface area contributed by atoms with Crippen molar-refractivity contribution in [1.29, 1.82) is 0 Å². The van der Waals surface area contributed by atoms with Gasteiger partial charge in [0, 0.05) is 18.1 Å².